The fourth-order valence-corrected chi connectivity index (χ4v) is 1.55. The maximum absolute atomic E-state index is 9.06. The van der Waals surface area contributed by atoms with Gasteiger partial charge in [-0.15, -0.1) is 12.4 Å². The lowest BCUT2D eigenvalue weighted by Gasteiger charge is -2.26. The summed E-state index contributed by atoms with van der Waals surface area (Å²) < 4.78 is 0. The average molecular weight is 194 g/mol. The maximum Gasteiger partial charge on any atom is 0.0524 e. The molecule has 0 aromatic carbocycles. The third kappa shape index (κ3) is 4.96. The lowest BCUT2D eigenvalue weighted by Crippen LogP contribution is -2.31. The fraction of sp³-hybridized carbons (Fsp3) is 1.00. The van der Waals surface area contributed by atoms with Crippen molar-refractivity contribution in [1.29, 1.82) is 0 Å². The lowest BCUT2D eigenvalue weighted by molar-refractivity contribution is 0.146. The second-order valence-corrected chi connectivity index (χ2v) is 3.54. The summed E-state index contributed by atoms with van der Waals surface area (Å²) in [5.74, 6) is 0. The number of piperidine rings is 1. The van der Waals surface area contributed by atoms with Gasteiger partial charge in [0.2, 0.25) is 0 Å². The first kappa shape index (κ1) is 12.2. The van der Waals surface area contributed by atoms with Crippen molar-refractivity contribution < 1.29 is 5.11 Å². The van der Waals surface area contributed by atoms with Crippen molar-refractivity contribution in [3.63, 3.8) is 0 Å². The number of aliphatic hydroxyl groups is 1. The van der Waals surface area contributed by atoms with Crippen LogP contribution in [0.4, 0.5) is 0 Å². The predicted octanol–water partition coefficient (Wildman–Crippen LogP) is 1.67. The van der Waals surface area contributed by atoms with Gasteiger partial charge in [0.25, 0.3) is 0 Å². The van der Waals surface area contributed by atoms with Crippen LogP contribution in [0, 0.1) is 0 Å². The van der Waals surface area contributed by atoms with Crippen LogP contribution in [0.25, 0.3) is 0 Å². The molecule has 0 radical (unpaired) electrons. The van der Waals surface area contributed by atoms with E-state index >= 15 is 0 Å². The highest BCUT2D eigenvalue weighted by atomic mass is 35.5. The number of halogens is 1. The zero-order valence-electron chi connectivity index (χ0n) is 7.83. The minimum absolute atomic E-state index is 0. The first-order valence-corrected chi connectivity index (χ1v) is 4.69. The molecule has 0 saturated carbocycles. The quantitative estimate of drug-likeness (QED) is 0.737. The predicted molar refractivity (Wildman–Crippen MR) is 53.8 cm³/mol. The summed E-state index contributed by atoms with van der Waals surface area (Å²) in [6.45, 7) is 5.43. The highest BCUT2D eigenvalue weighted by Crippen LogP contribution is 2.09. The smallest absolute Gasteiger partial charge is 0.0524 e. The van der Waals surface area contributed by atoms with Crippen molar-refractivity contribution >= 4 is 12.4 Å². The molecule has 74 valence electrons. The normalized spacial score (nSPS) is 21.5. The van der Waals surface area contributed by atoms with Crippen LogP contribution in [0.2, 0.25) is 0 Å². The third-order valence-corrected chi connectivity index (χ3v) is 2.31. The molecule has 1 aliphatic heterocycles. The van der Waals surface area contributed by atoms with Gasteiger partial charge in [-0.1, -0.05) is 6.42 Å². The van der Waals surface area contributed by atoms with Crippen molar-refractivity contribution in [1.82, 2.24) is 4.90 Å². The number of likely N-dealkylation sites (tertiary alicyclic amines) is 1. The SMILES string of the molecule is CC(O)CCN1CCCCC1.Cl. The molecule has 1 unspecified atom stereocenters. The van der Waals surface area contributed by atoms with Gasteiger partial charge < -0.3 is 10.0 Å². The highest BCUT2D eigenvalue weighted by molar-refractivity contribution is 5.85. The average Bonchev–Trinajstić information content (AvgIpc) is 2.03. The van der Waals surface area contributed by atoms with Gasteiger partial charge in [-0.2, -0.15) is 0 Å². The van der Waals surface area contributed by atoms with Crippen molar-refractivity contribution in [2.75, 3.05) is 19.6 Å². The Morgan fingerprint density at radius 1 is 1.25 bits per heavy atom. The molecule has 1 rings (SSSR count). The molecule has 1 heterocycles. The number of nitrogens with zero attached hydrogens (tertiary/aromatic N) is 1. The van der Waals surface area contributed by atoms with E-state index in [0.29, 0.717) is 0 Å². The van der Waals surface area contributed by atoms with Gasteiger partial charge in [0.05, 0.1) is 6.10 Å². The molecule has 1 aliphatic rings. The van der Waals surface area contributed by atoms with Gasteiger partial charge in [0, 0.05) is 6.54 Å². The molecular formula is C9H20ClNO. The summed E-state index contributed by atoms with van der Waals surface area (Å²) in [5.41, 5.74) is 0. The molecule has 2 nitrogen and oxygen atoms in total. The van der Waals surface area contributed by atoms with E-state index in [9.17, 15) is 0 Å². The van der Waals surface area contributed by atoms with Gasteiger partial charge in [0.15, 0.2) is 0 Å². The van der Waals surface area contributed by atoms with E-state index in [1.807, 2.05) is 6.92 Å². The third-order valence-electron chi connectivity index (χ3n) is 2.31. The molecule has 1 saturated heterocycles. The van der Waals surface area contributed by atoms with E-state index in [4.69, 9.17) is 5.11 Å². The van der Waals surface area contributed by atoms with Crippen LogP contribution < -0.4 is 0 Å². The monoisotopic (exact) mass is 193 g/mol. The van der Waals surface area contributed by atoms with E-state index < -0.39 is 0 Å². The Bertz CT molecular complexity index is 103. The van der Waals surface area contributed by atoms with Crippen LogP contribution in [0.1, 0.15) is 32.6 Å². The fourth-order valence-electron chi connectivity index (χ4n) is 1.55. The van der Waals surface area contributed by atoms with Gasteiger partial charge in [-0.3, -0.25) is 0 Å². The van der Waals surface area contributed by atoms with E-state index in [2.05, 4.69) is 4.90 Å². The maximum atomic E-state index is 9.06. The molecule has 0 aromatic heterocycles. The Balaban J connectivity index is 0.00000121. The molecule has 1 fully saturated rings. The Labute approximate surface area is 81.4 Å². The molecule has 0 aliphatic carbocycles. The standard InChI is InChI=1S/C9H19NO.ClH/c1-9(11)5-8-10-6-3-2-4-7-10;/h9,11H,2-8H2,1H3;1H. The Morgan fingerprint density at radius 2 is 1.83 bits per heavy atom. The summed E-state index contributed by atoms with van der Waals surface area (Å²) >= 11 is 0. The van der Waals surface area contributed by atoms with Crippen LogP contribution in [-0.2, 0) is 0 Å². The van der Waals surface area contributed by atoms with Crippen LogP contribution in [0.15, 0.2) is 0 Å². The zero-order valence-corrected chi connectivity index (χ0v) is 8.65. The van der Waals surface area contributed by atoms with Crippen molar-refractivity contribution in [2.24, 2.45) is 0 Å². The Kier molecular flexibility index (Phi) is 6.81. The summed E-state index contributed by atoms with van der Waals surface area (Å²) in [6, 6.07) is 0. The minimum atomic E-state index is -0.128. The molecule has 0 bridgehead atoms. The molecule has 0 aromatic rings. The number of aliphatic hydroxyl groups excluding tert-OH is 1. The second kappa shape index (κ2) is 6.70. The summed E-state index contributed by atoms with van der Waals surface area (Å²) in [5, 5.41) is 9.06. The van der Waals surface area contributed by atoms with Crippen molar-refractivity contribution in [2.45, 2.75) is 38.7 Å². The first-order chi connectivity index (χ1) is 5.29. The van der Waals surface area contributed by atoms with Crippen LogP contribution in [-0.4, -0.2) is 35.7 Å². The minimum Gasteiger partial charge on any atom is -0.393 e. The highest BCUT2D eigenvalue weighted by Gasteiger charge is 2.09. The van der Waals surface area contributed by atoms with E-state index in [-0.39, 0.29) is 18.5 Å². The van der Waals surface area contributed by atoms with Crippen LogP contribution in [0.3, 0.4) is 0 Å². The molecule has 1 atom stereocenters. The zero-order chi connectivity index (χ0) is 8.10. The molecule has 3 heteroatoms. The van der Waals surface area contributed by atoms with Gasteiger partial charge >= 0.3 is 0 Å². The largest absolute Gasteiger partial charge is 0.393 e. The van der Waals surface area contributed by atoms with Crippen molar-refractivity contribution in [3.8, 4) is 0 Å². The summed E-state index contributed by atoms with van der Waals surface area (Å²) in [6.07, 6.45) is 4.89. The Hall–Kier alpha value is 0.210. The topological polar surface area (TPSA) is 23.5 Å². The number of hydrogen-bond donors (Lipinski definition) is 1. The van der Waals surface area contributed by atoms with Gasteiger partial charge in [-0.05, 0) is 39.3 Å². The molecule has 1 N–H and O–H groups in total. The molecule has 0 amide bonds. The van der Waals surface area contributed by atoms with Crippen LogP contribution >= 0.6 is 12.4 Å². The molecular weight excluding hydrogens is 174 g/mol. The summed E-state index contributed by atoms with van der Waals surface area (Å²) in [4.78, 5) is 2.45. The van der Waals surface area contributed by atoms with E-state index in [1.165, 1.54) is 32.4 Å². The van der Waals surface area contributed by atoms with Crippen molar-refractivity contribution in [3.05, 3.63) is 0 Å². The molecule has 0 spiro atoms. The van der Waals surface area contributed by atoms with Gasteiger partial charge in [-0.25, -0.2) is 0 Å². The summed E-state index contributed by atoms with van der Waals surface area (Å²) in [7, 11) is 0. The molecule has 12 heavy (non-hydrogen) atoms. The van der Waals surface area contributed by atoms with E-state index in [1.54, 1.807) is 0 Å². The van der Waals surface area contributed by atoms with E-state index in [0.717, 1.165) is 13.0 Å². The second-order valence-electron chi connectivity index (χ2n) is 3.54. The number of rotatable bonds is 3. The van der Waals surface area contributed by atoms with Gasteiger partial charge in [0.1, 0.15) is 0 Å². The van der Waals surface area contributed by atoms with Crippen LogP contribution in [0.5, 0.6) is 0 Å². The number of hydrogen-bond acceptors (Lipinski definition) is 2. The lowest BCUT2D eigenvalue weighted by atomic mass is 10.1. The first-order valence-electron chi connectivity index (χ1n) is 4.69. The Morgan fingerprint density at radius 3 is 2.33 bits per heavy atom.